The van der Waals surface area contributed by atoms with Gasteiger partial charge in [0.2, 0.25) is 0 Å². The van der Waals surface area contributed by atoms with Crippen molar-refractivity contribution in [2.75, 3.05) is 0 Å². The van der Waals surface area contributed by atoms with Gasteiger partial charge in [-0.05, 0) is 119 Å². The minimum atomic E-state index is -0.147. The molecule has 0 radical (unpaired) electrons. The van der Waals surface area contributed by atoms with E-state index in [4.69, 9.17) is 0 Å². The summed E-state index contributed by atoms with van der Waals surface area (Å²) in [6.45, 7) is 21.4. The number of allylic oxidation sites excluding steroid dienone is 6. The molecule has 4 aromatic rings. The first-order valence-corrected chi connectivity index (χ1v) is 15.3. The summed E-state index contributed by atoms with van der Waals surface area (Å²) in [5, 5.41) is 2.88. The third kappa shape index (κ3) is 2.87. The number of rotatable bonds is 0. The van der Waals surface area contributed by atoms with Crippen molar-refractivity contribution in [2.24, 2.45) is 0 Å². The van der Waals surface area contributed by atoms with Crippen LogP contribution in [-0.2, 0) is 16.2 Å². The lowest BCUT2D eigenvalue weighted by atomic mass is 9.68. The van der Waals surface area contributed by atoms with E-state index in [0.717, 1.165) is 6.42 Å². The lowest BCUT2D eigenvalue weighted by molar-refractivity contribution is 0.638. The molecule has 8 rings (SSSR count). The van der Waals surface area contributed by atoms with Crippen LogP contribution in [0.15, 0.2) is 77.9 Å². The molecule has 1 atom stereocenters. The minimum absolute atomic E-state index is 0.0179. The predicted molar refractivity (Wildman–Crippen MR) is 176 cm³/mol. The van der Waals surface area contributed by atoms with E-state index in [1.807, 2.05) is 0 Å². The van der Waals surface area contributed by atoms with Gasteiger partial charge in [-0.3, -0.25) is 0 Å². The van der Waals surface area contributed by atoms with E-state index in [9.17, 15) is 0 Å². The monoisotopic (exact) mass is 532 g/mol. The summed E-state index contributed by atoms with van der Waals surface area (Å²) < 4.78 is 0. The normalized spacial score (nSPS) is 22.4. The highest BCUT2D eigenvalue weighted by Crippen LogP contribution is 2.67. The SMILES string of the molecule is CC1=CC2(CC(C)=C1)c1ccc3c(c1-c1cc(C)c4c(C)cc(C)cc4c12)C(C)(C)C1=C3C(C)(C)c2ccccc21. The largest absolute Gasteiger partial charge is 0.0715 e. The molecule has 0 amide bonds. The fraction of sp³-hybridized carbons (Fsp3) is 0.317. The second kappa shape index (κ2) is 7.60. The molecule has 0 heterocycles. The zero-order chi connectivity index (χ0) is 28.8. The van der Waals surface area contributed by atoms with E-state index in [0.29, 0.717) is 0 Å². The van der Waals surface area contributed by atoms with Crippen LogP contribution < -0.4 is 0 Å². The van der Waals surface area contributed by atoms with Gasteiger partial charge in [-0.25, -0.2) is 0 Å². The average molecular weight is 533 g/mol. The minimum Gasteiger partial charge on any atom is -0.0715 e. The Kier molecular flexibility index (Phi) is 4.65. The number of hydrogen-bond donors (Lipinski definition) is 0. The molecule has 4 aromatic carbocycles. The van der Waals surface area contributed by atoms with Gasteiger partial charge in [-0.2, -0.15) is 0 Å². The Morgan fingerprint density at radius 1 is 0.634 bits per heavy atom. The first-order valence-electron chi connectivity index (χ1n) is 15.3. The maximum absolute atomic E-state index is 2.60. The van der Waals surface area contributed by atoms with E-state index in [2.05, 4.69) is 129 Å². The van der Waals surface area contributed by atoms with Crippen molar-refractivity contribution in [3.05, 3.63) is 128 Å². The topological polar surface area (TPSA) is 0 Å². The third-order valence-electron chi connectivity index (χ3n) is 10.9. The maximum atomic E-state index is 2.60. The number of fused-ring (bicyclic) bond motifs is 12. The lowest BCUT2D eigenvalue weighted by Gasteiger charge is -2.35. The van der Waals surface area contributed by atoms with Gasteiger partial charge in [0, 0.05) is 16.2 Å². The van der Waals surface area contributed by atoms with Gasteiger partial charge < -0.3 is 0 Å². The molecule has 0 N–H and O–H groups in total. The van der Waals surface area contributed by atoms with Crippen LogP contribution in [0.2, 0.25) is 0 Å². The van der Waals surface area contributed by atoms with Crippen LogP contribution in [0, 0.1) is 20.8 Å². The maximum Gasteiger partial charge on any atom is 0.0443 e. The smallest absolute Gasteiger partial charge is 0.0443 e. The van der Waals surface area contributed by atoms with Crippen molar-refractivity contribution >= 4 is 21.9 Å². The fourth-order valence-electron chi connectivity index (χ4n) is 9.89. The Hall–Kier alpha value is -3.64. The quantitative estimate of drug-likeness (QED) is 0.211. The summed E-state index contributed by atoms with van der Waals surface area (Å²) in [6, 6.07) is 21.6. The second-order valence-electron chi connectivity index (χ2n) is 14.6. The molecule has 4 aliphatic carbocycles. The molecular formula is C41H40. The molecular weight excluding hydrogens is 492 g/mol. The third-order valence-corrected chi connectivity index (χ3v) is 10.9. The Morgan fingerprint density at radius 3 is 2.10 bits per heavy atom. The van der Waals surface area contributed by atoms with Gasteiger partial charge in [0.25, 0.3) is 0 Å². The molecule has 0 nitrogen and oxygen atoms in total. The fourth-order valence-corrected chi connectivity index (χ4v) is 9.89. The first kappa shape index (κ1) is 25.1. The van der Waals surface area contributed by atoms with E-state index in [1.54, 1.807) is 16.7 Å². The van der Waals surface area contributed by atoms with Crippen LogP contribution >= 0.6 is 0 Å². The molecule has 1 unspecified atom stereocenters. The van der Waals surface area contributed by atoms with Gasteiger partial charge in [0.1, 0.15) is 0 Å². The summed E-state index contributed by atoms with van der Waals surface area (Å²) in [4.78, 5) is 0. The van der Waals surface area contributed by atoms with Crippen LogP contribution in [0.1, 0.15) is 98.0 Å². The summed E-state index contributed by atoms with van der Waals surface area (Å²) in [5.41, 5.74) is 21.7. The van der Waals surface area contributed by atoms with Crippen molar-refractivity contribution < 1.29 is 0 Å². The first-order chi connectivity index (χ1) is 19.4. The van der Waals surface area contributed by atoms with Crippen molar-refractivity contribution in [1.82, 2.24) is 0 Å². The average Bonchev–Trinajstić information content (AvgIpc) is 3.39. The van der Waals surface area contributed by atoms with Crippen LogP contribution in [0.4, 0.5) is 0 Å². The Labute approximate surface area is 245 Å². The van der Waals surface area contributed by atoms with Crippen molar-refractivity contribution in [1.29, 1.82) is 0 Å². The van der Waals surface area contributed by atoms with Crippen LogP contribution in [0.25, 0.3) is 33.0 Å². The van der Waals surface area contributed by atoms with Gasteiger partial charge >= 0.3 is 0 Å². The van der Waals surface area contributed by atoms with Gasteiger partial charge in [-0.15, -0.1) is 0 Å². The van der Waals surface area contributed by atoms with E-state index < -0.39 is 0 Å². The van der Waals surface area contributed by atoms with Gasteiger partial charge in [0.15, 0.2) is 0 Å². The molecule has 41 heavy (non-hydrogen) atoms. The zero-order valence-electron chi connectivity index (χ0n) is 26.1. The number of benzene rings is 4. The molecule has 0 bridgehead atoms. The second-order valence-corrected chi connectivity index (χ2v) is 14.6. The van der Waals surface area contributed by atoms with Gasteiger partial charge in [0.05, 0.1) is 0 Å². The zero-order valence-corrected chi connectivity index (χ0v) is 26.1. The molecule has 0 saturated heterocycles. The van der Waals surface area contributed by atoms with Crippen LogP contribution in [0.5, 0.6) is 0 Å². The molecule has 0 fully saturated rings. The number of aryl methyl sites for hydroxylation is 3. The van der Waals surface area contributed by atoms with Crippen molar-refractivity contribution in [3.63, 3.8) is 0 Å². The summed E-state index contributed by atoms with van der Waals surface area (Å²) in [5.74, 6) is 0. The predicted octanol–water partition coefficient (Wildman–Crippen LogP) is 10.8. The highest BCUT2D eigenvalue weighted by molar-refractivity contribution is 6.13. The molecule has 0 heteroatoms. The Balaban J connectivity index is 1.53. The molecule has 204 valence electrons. The van der Waals surface area contributed by atoms with Crippen molar-refractivity contribution in [2.45, 2.75) is 85.0 Å². The Bertz CT molecular complexity index is 2000. The van der Waals surface area contributed by atoms with Crippen LogP contribution in [0.3, 0.4) is 0 Å². The van der Waals surface area contributed by atoms with Crippen molar-refractivity contribution in [3.8, 4) is 11.1 Å². The van der Waals surface area contributed by atoms with Gasteiger partial charge in [-0.1, -0.05) is 111 Å². The molecule has 0 aromatic heterocycles. The molecule has 0 saturated carbocycles. The Morgan fingerprint density at radius 2 is 1.34 bits per heavy atom. The molecule has 0 aliphatic heterocycles. The van der Waals surface area contributed by atoms with E-state index >= 15 is 0 Å². The van der Waals surface area contributed by atoms with Crippen LogP contribution in [-0.4, -0.2) is 0 Å². The number of hydrogen-bond acceptors (Lipinski definition) is 0. The van der Waals surface area contributed by atoms with E-state index in [1.165, 1.54) is 77.6 Å². The summed E-state index contributed by atoms with van der Waals surface area (Å²) in [7, 11) is 0. The summed E-state index contributed by atoms with van der Waals surface area (Å²) in [6.07, 6.45) is 6.03. The molecule has 4 aliphatic rings. The standard InChI is InChI=1S/C41H40/c1-22-17-25(4)33-26(5)19-30-34-32(41(35(30)29(33)18-22)20-23(2)16-24(3)21-41)15-14-28-36(34)40(8,9)37-27-12-10-11-13-31(27)39(6,7)38(28)37/h10-20H,21H2,1-9H3. The molecule has 1 spiro atoms. The highest BCUT2D eigenvalue weighted by Gasteiger charge is 2.54. The lowest BCUT2D eigenvalue weighted by Crippen LogP contribution is -2.26. The summed E-state index contributed by atoms with van der Waals surface area (Å²) >= 11 is 0. The van der Waals surface area contributed by atoms with E-state index in [-0.39, 0.29) is 16.2 Å². The highest BCUT2D eigenvalue weighted by atomic mass is 14.6.